The van der Waals surface area contributed by atoms with Gasteiger partial charge in [0, 0.05) is 6.07 Å². The number of hydrogen-bond acceptors (Lipinski definition) is 5. The first kappa shape index (κ1) is 13.3. The average molecular weight is 249 g/mol. The number of halogens is 2. The second-order valence-corrected chi connectivity index (χ2v) is 3.11. The smallest absolute Gasteiger partial charge is 0.314 e. The van der Waals surface area contributed by atoms with Crippen LogP contribution in [0.4, 0.5) is 14.5 Å². The van der Waals surface area contributed by atoms with E-state index in [0.717, 1.165) is 6.07 Å². The van der Waals surface area contributed by atoms with E-state index in [1.54, 1.807) is 0 Å². The highest BCUT2D eigenvalue weighted by atomic mass is 19.2. The minimum absolute atomic E-state index is 0.586. The normalized spacial score (nSPS) is 12.2. The minimum atomic E-state index is -1.51. The van der Waals surface area contributed by atoms with E-state index in [4.69, 9.17) is 10.2 Å². The quantitative estimate of drug-likeness (QED) is 0.589. The molecule has 0 saturated carbocycles. The molecule has 0 aromatic heterocycles. The van der Waals surface area contributed by atoms with E-state index in [1.807, 2.05) is 0 Å². The molecule has 17 heavy (non-hydrogen) atoms. The van der Waals surface area contributed by atoms with Crippen molar-refractivity contribution in [2.24, 2.45) is 0 Å². The number of aliphatic hydroxyl groups is 2. The van der Waals surface area contributed by atoms with Crippen LogP contribution in [0.3, 0.4) is 0 Å². The zero-order valence-corrected chi connectivity index (χ0v) is 8.47. The second-order valence-electron chi connectivity index (χ2n) is 3.11. The SMILES string of the molecule is O=[N+]([O-])c1ccc(F)c(F)c1OC[C@@H](O)CO. The van der Waals surface area contributed by atoms with Crippen molar-refractivity contribution in [2.75, 3.05) is 13.2 Å². The summed E-state index contributed by atoms with van der Waals surface area (Å²) in [6.07, 6.45) is -1.34. The van der Waals surface area contributed by atoms with Crippen LogP contribution in [0.2, 0.25) is 0 Å². The molecule has 0 heterocycles. The maximum atomic E-state index is 13.2. The van der Waals surface area contributed by atoms with Crippen LogP contribution in [0.5, 0.6) is 5.75 Å². The Labute approximate surface area is 94.2 Å². The van der Waals surface area contributed by atoms with Gasteiger partial charge in [0.15, 0.2) is 5.82 Å². The molecular formula is C9H9F2NO5. The van der Waals surface area contributed by atoms with Gasteiger partial charge in [-0.3, -0.25) is 10.1 Å². The molecule has 6 nitrogen and oxygen atoms in total. The predicted molar refractivity (Wildman–Crippen MR) is 51.6 cm³/mol. The van der Waals surface area contributed by atoms with Crippen LogP contribution >= 0.6 is 0 Å². The highest BCUT2D eigenvalue weighted by Gasteiger charge is 2.23. The Balaban J connectivity index is 3.02. The molecule has 1 rings (SSSR count). The zero-order chi connectivity index (χ0) is 13.0. The van der Waals surface area contributed by atoms with Crippen LogP contribution in [-0.4, -0.2) is 34.5 Å². The Morgan fingerprint density at radius 1 is 1.47 bits per heavy atom. The van der Waals surface area contributed by atoms with Gasteiger partial charge in [-0.25, -0.2) is 4.39 Å². The fourth-order valence-electron chi connectivity index (χ4n) is 1.04. The fourth-order valence-corrected chi connectivity index (χ4v) is 1.04. The van der Waals surface area contributed by atoms with Crippen LogP contribution in [0.15, 0.2) is 12.1 Å². The number of hydrogen-bond donors (Lipinski definition) is 2. The van der Waals surface area contributed by atoms with Crippen molar-refractivity contribution in [3.8, 4) is 5.75 Å². The van der Waals surface area contributed by atoms with Gasteiger partial charge in [-0.05, 0) is 6.07 Å². The molecule has 0 radical (unpaired) electrons. The first-order valence-corrected chi connectivity index (χ1v) is 4.51. The fraction of sp³-hybridized carbons (Fsp3) is 0.333. The van der Waals surface area contributed by atoms with Gasteiger partial charge in [0.05, 0.1) is 11.5 Å². The van der Waals surface area contributed by atoms with Crippen molar-refractivity contribution in [3.63, 3.8) is 0 Å². The number of nitro benzene ring substituents is 1. The Morgan fingerprint density at radius 3 is 2.65 bits per heavy atom. The van der Waals surface area contributed by atoms with Gasteiger partial charge in [0.25, 0.3) is 0 Å². The Hall–Kier alpha value is -1.80. The summed E-state index contributed by atoms with van der Waals surface area (Å²) < 4.78 is 30.7. The summed E-state index contributed by atoms with van der Waals surface area (Å²) in [5.74, 6) is -3.71. The van der Waals surface area contributed by atoms with Crippen LogP contribution in [0.25, 0.3) is 0 Å². The molecule has 2 N–H and O–H groups in total. The molecule has 0 aliphatic rings. The molecule has 0 bridgehead atoms. The maximum absolute atomic E-state index is 13.2. The molecule has 0 fully saturated rings. The van der Waals surface area contributed by atoms with Crippen LogP contribution in [-0.2, 0) is 0 Å². The second kappa shape index (κ2) is 5.51. The maximum Gasteiger partial charge on any atom is 0.314 e. The molecule has 0 aliphatic carbocycles. The summed E-state index contributed by atoms with van der Waals surface area (Å²) in [4.78, 5) is 9.58. The molecule has 8 heteroatoms. The van der Waals surface area contributed by atoms with Crippen molar-refractivity contribution in [1.82, 2.24) is 0 Å². The number of rotatable bonds is 5. The molecule has 1 aromatic carbocycles. The van der Waals surface area contributed by atoms with Gasteiger partial charge >= 0.3 is 5.69 Å². The molecule has 0 unspecified atom stereocenters. The summed E-state index contributed by atoms with van der Waals surface area (Å²) in [5, 5.41) is 28.0. The molecule has 0 spiro atoms. The lowest BCUT2D eigenvalue weighted by Crippen LogP contribution is -2.22. The average Bonchev–Trinajstić information content (AvgIpc) is 2.30. The van der Waals surface area contributed by atoms with Crippen molar-refractivity contribution in [3.05, 3.63) is 33.9 Å². The molecular weight excluding hydrogens is 240 g/mol. The van der Waals surface area contributed by atoms with E-state index >= 15 is 0 Å². The van der Waals surface area contributed by atoms with E-state index < -0.39 is 47.3 Å². The molecule has 0 amide bonds. The minimum Gasteiger partial charge on any atom is -0.482 e. The number of benzene rings is 1. The molecule has 94 valence electrons. The van der Waals surface area contributed by atoms with E-state index in [0.29, 0.717) is 6.07 Å². The topological polar surface area (TPSA) is 92.8 Å². The highest BCUT2D eigenvalue weighted by Crippen LogP contribution is 2.31. The number of nitrogens with zero attached hydrogens (tertiary/aromatic N) is 1. The third kappa shape index (κ3) is 3.08. The zero-order valence-electron chi connectivity index (χ0n) is 8.47. The first-order chi connectivity index (χ1) is 7.97. The van der Waals surface area contributed by atoms with Crippen molar-refractivity contribution >= 4 is 5.69 Å². The van der Waals surface area contributed by atoms with Crippen LogP contribution in [0, 0.1) is 21.7 Å². The molecule has 0 saturated heterocycles. The molecule has 1 atom stereocenters. The van der Waals surface area contributed by atoms with Gasteiger partial charge in [0.1, 0.15) is 12.7 Å². The van der Waals surface area contributed by atoms with Crippen molar-refractivity contribution < 1.29 is 28.7 Å². The van der Waals surface area contributed by atoms with Crippen LogP contribution < -0.4 is 4.74 Å². The molecule has 0 aliphatic heterocycles. The summed E-state index contributed by atoms with van der Waals surface area (Å²) in [7, 11) is 0. The van der Waals surface area contributed by atoms with Crippen molar-refractivity contribution in [1.29, 1.82) is 0 Å². The van der Waals surface area contributed by atoms with E-state index in [9.17, 15) is 18.9 Å². The number of nitro groups is 1. The van der Waals surface area contributed by atoms with Gasteiger partial charge in [-0.15, -0.1) is 0 Å². The summed E-state index contributed by atoms with van der Waals surface area (Å²) in [6.45, 7) is -1.25. The Kier molecular flexibility index (Phi) is 4.30. The Bertz CT molecular complexity index is 426. The predicted octanol–water partition coefficient (Wildman–Crippen LogP) is 0.605. The first-order valence-electron chi connectivity index (χ1n) is 4.51. The van der Waals surface area contributed by atoms with Gasteiger partial charge in [0.2, 0.25) is 11.6 Å². The summed E-state index contributed by atoms with van der Waals surface area (Å²) >= 11 is 0. The lowest BCUT2D eigenvalue weighted by Gasteiger charge is -2.10. The van der Waals surface area contributed by atoms with E-state index in [-0.39, 0.29) is 0 Å². The van der Waals surface area contributed by atoms with Gasteiger partial charge in [-0.1, -0.05) is 0 Å². The molecule has 1 aromatic rings. The van der Waals surface area contributed by atoms with Gasteiger partial charge < -0.3 is 14.9 Å². The standard InChI is InChI=1S/C9H9F2NO5/c10-6-1-2-7(12(15)16)9(8(6)11)17-4-5(14)3-13/h1-2,5,13-14H,3-4H2/t5-/m0/s1. The number of aliphatic hydroxyl groups excluding tert-OH is 2. The van der Waals surface area contributed by atoms with Crippen LogP contribution in [0.1, 0.15) is 0 Å². The largest absolute Gasteiger partial charge is 0.482 e. The third-order valence-electron chi connectivity index (χ3n) is 1.86. The lowest BCUT2D eigenvalue weighted by atomic mass is 10.2. The third-order valence-corrected chi connectivity index (χ3v) is 1.86. The van der Waals surface area contributed by atoms with Crippen molar-refractivity contribution in [2.45, 2.75) is 6.10 Å². The summed E-state index contributed by atoms with van der Waals surface area (Å²) in [6, 6.07) is 1.35. The Morgan fingerprint density at radius 2 is 2.12 bits per heavy atom. The van der Waals surface area contributed by atoms with E-state index in [2.05, 4.69) is 4.74 Å². The number of ether oxygens (including phenoxy) is 1. The lowest BCUT2D eigenvalue weighted by molar-refractivity contribution is -0.386. The highest BCUT2D eigenvalue weighted by molar-refractivity contribution is 5.47. The van der Waals surface area contributed by atoms with Gasteiger partial charge in [-0.2, -0.15) is 4.39 Å². The van der Waals surface area contributed by atoms with E-state index in [1.165, 1.54) is 0 Å². The monoisotopic (exact) mass is 249 g/mol. The summed E-state index contributed by atoms with van der Waals surface area (Å²) in [5.41, 5.74) is -0.756.